The minimum Gasteiger partial charge on any atom is -0.454 e. The van der Waals surface area contributed by atoms with Crippen molar-refractivity contribution in [2.75, 3.05) is 13.2 Å². The monoisotopic (exact) mass is 1230 g/mol. The van der Waals surface area contributed by atoms with Crippen molar-refractivity contribution in [3.05, 3.63) is 97.2 Å². The van der Waals surface area contributed by atoms with Crippen molar-refractivity contribution in [1.29, 1.82) is 0 Å². The highest BCUT2D eigenvalue weighted by Gasteiger charge is 2.47. The molecule has 1 saturated heterocycles. The second-order valence-electron chi connectivity index (χ2n) is 25.0. The Labute approximate surface area is 539 Å². The number of carbonyl (C=O) groups is 2. The van der Waals surface area contributed by atoms with Crippen molar-refractivity contribution in [2.24, 2.45) is 0 Å². The number of amides is 1. The Balaban J connectivity index is 2.58. The first-order valence-corrected chi connectivity index (χ1v) is 36.5. The molecule has 1 fully saturated rings. The largest absolute Gasteiger partial charge is 0.454 e. The lowest BCUT2D eigenvalue weighted by Crippen LogP contribution is -2.61. The first kappa shape index (κ1) is 82.6. The van der Waals surface area contributed by atoms with Crippen molar-refractivity contribution in [2.45, 2.75) is 365 Å². The Bertz CT molecular complexity index is 1800. The molecule has 1 aliphatic rings. The topological polar surface area (TPSA) is 175 Å². The summed E-state index contributed by atoms with van der Waals surface area (Å²) in [6.07, 6.45) is 75.8. The molecule has 8 atom stereocenters. The van der Waals surface area contributed by atoms with E-state index >= 15 is 0 Å². The zero-order chi connectivity index (χ0) is 63.9. The summed E-state index contributed by atoms with van der Waals surface area (Å²) in [6.45, 7) is 5.75. The molecule has 6 N–H and O–H groups in total. The van der Waals surface area contributed by atoms with Gasteiger partial charge < -0.3 is 45.1 Å². The van der Waals surface area contributed by atoms with Gasteiger partial charge in [-0.2, -0.15) is 0 Å². The molecule has 0 bridgehead atoms. The van der Waals surface area contributed by atoms with Gasteiger partial charge in [-0.25, -0.2) is 0 Å². The number of esters is 1. The fourth-order valence-electron chi connectivity index (χ4n) is 10.9. The quantitative estimate of drug-likeness (QED) is 0.0195. The Morgan fingerprint density at radius 2 is 0.784 bits per heavy atom. The molecule has 0 aromatic heterocycles. The molecule has 0 saturated carbocycles. The maximum atomic E-state index is 13.5. The number of unbranched alkanes of at least 4 members (excludes halogenated alkanes) is 34. The van der Waals surface area contributed by atoms with E-state index in [-0.39, 0.29) is 19.4 Å². The molecule has 11 nitrogen and oxygen atoms in total. The molecular formula is C77H135NO10. The van der Waals surface area contributed by atoms with E-state index in [0.717, 1.165) is 103 Å². The Kier molecular flexibility index (Phi) is 59.8. The third kappa shape index (κ3) is 50.3. The number of ether oxygens (including phenoxy) is 3. The standard InChI is InChI=1S/C77H135NO10/c1-4-7-10-13-16-19-22-25-27-29-31-33-35-37-38-40-42-44-46-49-52-55-58-61-64-70(81)76(85)78-68(69(80)63-60-57-54-51-48-24-21-18-15-12-9-6-3)67-86-77-75(74(84)73(83)71(66-79)87-77)88-72(82)65-62-59-56-53-50-47-45-43-41-39-36-34-32-30-28-26-23-20-17-14-11-8-5-2/h16-17,19-20,25-28,31-34,37-38,60,63,68-71,73-75,77,79-81,83-84H,4-15,18,21-24,29-30,35-36,39-59,61-62,64-67H2,1-3H3,(H,78,85)/b19-16-,20-17-,27-25-,28-26-,33-31-,34-32-,38-37-,63-60+. The van der Waals surface area contributed by atoms with Crippen LogP contribution in [-0.4, -0.2) is 99.6 Å². The molecule has 8 unspecified atom stereocenters. The fourth-order valence-corrected chi connectivity index (χ4v) is 10.9. The van der Waals surface area contributed by atoms with Gasteiger partial charge in [0.1, 0.15) is 24.4 Å². The van der Waals surface area contributed by atoms with Gasteiger partial charge in [0.05, 0.1) is 25.4 Å². The smallest absolute Gasteiger partial charge is 0.306 e. The highest BCUT2D eigenvalue weighted by atomic mass is 16.7. The number of nitrogens with one attached hydrogen (secondary N) is 1. The van der Waals surface area contributed by atoms with Gasteiger partial charge in [0, 0.05) is 6.42 Å². The summed E-state index contributed by atoms with van der Waals surface area (Å²) in [5.74, 6) is -1.20. The van der Waals surface area contributed by atoms with E-state index < -0.39 is 67.4 Å². The maximum Gasteiger partial charge on any atom is 0.306 e. The Morgan fingerprint density at radius 1 is 0.443 bits per heavy atom. The molecule has 1 heterocycles. The average molecular weight is 1230 g/mol. The molecule has 0 aromatic rings. The number of rotatable bonds is 62. The third-order valence-electron chi connectivity index (χ3n) is 16.7. The second kappa shape index (κ2) is 63.7. The normalized spacial score (nSPS) is 18.8. The van der Waals surface area contributed by atoms with Crippen molar-refractivity contribution in [1.82, 2.24) is 5.32 Å². The molecule has 0 aromatic carbocycles. The van der Waals surface area contributed by atoms with Gasteiger partial charge in [-0.3, -0.25) is 9.59 Å². The highest BCUT2D eigenvalue weighted by molar-refractivity contribution is 5.80. The lowest BCUT2D eigenvalue weighted by molar-refractivity contribution is -0.305. The summed E-state index contributed by atoms with van der Waals surface area (Å²) in [7, 11) is 0. The van der Waals surface area contributed by atoms with Crippen LogP contribution in [0.4, 0.5) is 0 Å². The number of allylic oxidation sites excluding steroid dienone is 15. The van der Waals surface area contributed by atoms with E-state index in [1.165, 1.54) is 167 Å². The number of aliphatic hydroxyl groups excluding tert-OH is 5. The summed E-state index contributed by atoms with van der Waals surface area (Å²) in [4.78, 5) is 26.7. The van der Waals surface area contributed by atoms with Crippen LogP contribution in [0.3, 0.4) is 0 Å². The van der Waals surface area contributed by atoms with Crippen LogP contribution in [0.5, 0.6) is 0 Å². The van der Waals surface area contributed by atoms with Crippen LogP contribution in [0.1, 0.15) is 316 Å². The summed E-state index contributed by atoms with van der Waals surface area (Å²) < 4.78 is 17.7. The zero-order valence-corrected chi connectivity index (χ0v) is 56.6. The molecule has 11 heteroatoms. The Morgan fingerprint density at radius 3 is 1.19 bits per heavy atom. The number of carbonyl (C=O) groups excluding carboxylic acids is 2. The van der Waals surface area contributed by atoms with E-state index in [0.29, 0.717) is 12.8 Å². The van der Waals surface area contributed by atoms with Gasteiger partial charge >= 0.3 is 5.97 Å². The van der Waals surface area contributed by atoms with E-state index in [4.69, 9.17) is 14.2 Å². The van der Waals surface area contributed by atoms with E-state index in [1.54, 1.807) is 6.08 Å². The zero-order valence-electron chi connectivity index (χ0n) is 56.6. The van der Waals surface area contributed by atoms with E-state index in [2.05, 4.69) is 111 Å². The van der Waals surface area contributed by atoms with Crippen molar-refractivity contribution in [3.63, 3.8) is 0 Å². The van der Waals surface area contributed by atoms with Gasteiger partial charge in [0.25, 0.3) is 0 Å². The molecule has 508 valence electrons. The number of hydrogen-bond donors (Lipinski definition) is 6. The van der Waals surface area contributed by atoms with Crippen molar-refractivity contribution < 1.29 is 49.3 Å². The van der Waals surface area contributed by atoms with Crippen LogP contribution in [-0.2, 0) is 23.8 Å². The van der Waals surface area contributed by atoms with Crippen LogP contribution in [0, 0.1) is 0 Å². The molecule has 0 radical (unpaired) electrons. The molecule has 0 aliphatic carbocycles. The van der Waals surface area contributed by atoms with Gasteiger partial charge in [0.2, 0.25) is 5.91 Å². The molecule has 1 amide bonds. The maximum absolute atomic E-state index is 13.5. The minimum absolute atomic E-state index is 0.115. The molecule has 0 spiro atoms. The average Bonchev–Trinajstić information content (AvgIpc) is 3.72. The summed E-state index contributed by atoms with van der Waals surface area (Å²) in [5.41, 5.74) is 0. The van der Waals surface area contributed by atoms with Crippen molar-refractivity contribution in [3.8, 4) is 0 Å². The van der Waals surface area contributed by atoms with Crippen LogP contribution in [0.15, 0.2) is 97.2 Å². The van der Waals surface area contributed by atoms with Gasteiger partial charge in [-0.1, -0.05) is 298 Å². The van der Waals surface area contributed by atoms with Crippen LogP contribution in [0.25, 0.3) is 0 Å². The third-order valence-corrected chi connectivity index (χ3v) is 16.7. The number of hydrogen-bond acceptors (Lipinski definition) is 10. The fraction of sp³-hybridized carbons (Fsp3) is 0.766. The van der Waals surface area contributed by atoms with E-state index in [9.17, 15) is 35.1 Å². The second-order valence-corrected chi connectivity index (χ2v) is 25.0. The molecular weight excluding hydrogens is 1100 g/mol. The number of aliphatic hydroxyl groups is 5. The SMILES string of the molecule is CCCCC/C=C\C/C=C\C/C=C\C/C=C\CCCCCCCCCCC(O)C(=O)NC(COC1OC(CO)C(O)C(O)C1OC(=O)CCCCCCCCCCCC/C=C\C/C=C\C/C=C\CCCCC)C(O)/C=C/CCCCCCCCCCCC. The first-order valence-electron chi connectivity index (χ1n) is 36.5. The summed E-state index contributed by atoms with van der Waals surface area (Å²) in [5, 5.41) is 57.3. The van der Waals surface area contributed by atoms with Crippen LogP contribution in [0.2, 0.25) is 0 Å². The van der Waals surface area contributed by atoms with E-state index in [1.807, 2.05) is 6.08 Å². The summed E-state index contributed by atoms with van der Waals surface area (Å²) in [6, 6.07) is -1.03. The Hall–Kier alpha value is -3.42. The molecule has 1 rings (SSSR count). The lowest BCUT2D eigenvalue weighted by atomic mass is 9.99. The van der Waals surface area contributed by atoms with Crippen LogP contribution >= 0.6 is 0 Å². The lowest BCUT2D eigenvalue weighted by Gasteiger charge is -2.41. The van der Waals surface area contributed by atoms with Gasteiger partial charge in [-0.15, -0.1) is 0 Å². The highest BCUT2D eigenvalue weighted by Crippen LogP contribution is 2.26. The first-order chi connectivity index (χ1) is 43.2. The summed E-state index contributed by atoms with van der Waals surface area (Å²) >= 11 is 0. The van der Waals surface area contributed by atoms with Crippen LogP contribution < -0.4 is 5.32 Å². The minimum atomic E-state index is -1.62. The van der Waals surface area contributed by atoms with Gasteiger partial charge in [0.15, 0.2) is 12.4 Å². The predicted molar refractivity (Wildman–Crippen MR) is 370 cm³/mol. The molecule has 1 aliphatic heterocycles. The van der Waals surface area contributed by atoms with Gasteiger partial charge in [-0.05, 0) is 109 Å². The molecule has 88 heavy (non-hydrogen) atoms. The predicted octanol–water partition coefficient (Wildman–Crippen LogP) is 19.0. The van der Waals surface area contributed by atoms with Crippen molar-refractivity contribution >= 4 is 11.9 Å².